The normalized spacial score (nSPS) is 10.4. The highest BCUT2D eigenvalue weighted by molar-refractivity contribution is 6.30. The first-order valence-corrected chi connectivity index (χ1v) is 9.37. The van der Waals surface area contributed by atoms with Gasteiger partial charge in [0.2, 0.25) is 11.8 Å². The van der Waals surface area contributed by atoms with Crippen LogP contribution in [0.15, 0.2) is 24.3 Å². The number of halogens is 1. The SMILES string of the molecule is CCCN(CCC)C(=O)CCCC(=O)NCCOc1cccc(Cl)c1. The second kappa shape index (κ2) is 12.6. The number of rotatable bonds is 12. The van der Waals surface area contributed by atoms with Crippen LogP contribution in [0.5, 0.6) is 5.75 Å². The molecule has 140 valence electrons. The Labute approximate surface area is 155 Å². The van der Waals surface area contributed by atoms with Crippen LogP contribution >= 0.6 is 11.6 Å². The summed E-state index contributed by atoms with van der Waals surface area (Å²) in [6.07, 6.45) is 3.27. The van der Waals surface area contributed by atoms with Gasteiger partial charge in [-0.1, -0.05) is 31.5 Å². The van der Waals surface area contributed by atoms with Crippen molar-refractivity contribution in [2.45, 2.75) is 46.0 Å². The Kier molecular flexibility index (Phi) is 10.7. The van der Waals surface area contributed by atoms with Crippen molar-refractivity contribution in [1.29, 1.82) is 0 Å². The minimum Gasteiger partial charge on any atom is -0.492 e. The zero-order valence-electron chi connectivity index (χ0n) is 15.2. The van der Waals surface area contributed by atoms with E-state index in [0.29, 0.717) is 43.2 Å². The van der Waals surface area contributed by atoms with Crippen molar-refractivity contribution in [2.75, 3.05) is 26.2 Å². The van der Waals surface area contributed by atoms with Crippen LogP contribution in [-0.2, 0) is 9.59 Å². The average molecular weight is 369 g/mol. The lowest BCUT2D eigenvalue weighted by atomic mass is 10.2. The molecule has 0 radical (unpaired) electrons. The molecule has 0 fully saturated rings. The molecule has 0 aliphatic rings. The summed E-state index contributed by atoms with van der Waals surface area (Å²) in [5, 5.41) is 3.42. The molecule has 2 amide bonds. The molecule has 0 spiro atoms. The number of carbonyl (C=O) groups is 2. The third-order valence-corrected chi connectivity index (χ3v) is 3.86. The van der Waals surface area contributed by atoms with E-state index in [2.05, 4.69) is 19.2 Å². The zero-order valence-corrected chi connectivity index (χ0v) is 16.0. The van der Waals surface area contributed by atoms with Crippen molar-refractivity contribution in [3.05, 3.63) is 29.3 Å². The Morgan fingerprint density at radius 3 is 2.52 bits per heavy atom. The zero-order chi connectivity index (χ0) is 18.5. The van der Waals surface area contributed by atoms with E-state index in [1.54, 1.807) is 12.1 Å². The summed E-state index contributed by atoms with van der Waals surface area (Å²) in [7, 11) is 0. The van der Waals surface area contributed by atoms with Gasteiger partial charge >= 0.3 is 0 Å². The average Bonchev–Trinajstić information content (AvgIpc) is 2.58. The summed E-state index contributed by atoms with van der Waals surface area (Å²) in [6.45, 7) is 6.52. The number of carbonyl (C=O) groups excluding carboxylic acids is 2. The first-order valence-electron chi connectivity index (χ1n) is 8.99. The second-order valence-corrected chi connectivity index (χ2v) is 6.33. The van der Waals surface area contributed by atoms with Crippen molar-refractivity contribution in [3.63, 3.8) is 0 Å². The molecule has 0 aliphatic carbocycles. The topological polar surface area (TPSA) is 58.6 Å². The smallest absolute Gasteiger partial charge is 0.222 e. The van der Waals surface area contributed by atoms with Crippen LogP contribution < -0.4 is 10.1 Å². The quantitative estimate of drug-likeness (QED) is 0.573. The van der Waals surface area contributed by atoms with E-state index in [1.165, 1.54) is 0 Å². The van der Waals surface area contributed by atoms with Gasteiger partial charge in [-0.25, -0.2) is 0 Å². The van der Waals surface area contributed by atoms with Crippen LogP contribution in [-0.4, -0.2) is 43.0 Å². The van der Waals surface area contributed by atoms with Gasteiger partial charge in [-0.05, 0) is 37.5 Å². The molecule has 0 aliphatic heterocycles. The molecule has 25 heavy (non-hydrogen) atoms. The predicted octanol–water partition coefficient (Wildman–Crippen LogP) is 3.65. The highest BCUT2D eigenvalue weighted by atomic mass is 35.5. The van der Waals surface area contributed by atoms with E-state index < -0.39 is 0 Å². The van der Waals surface area contributed by atoms with Crippen molar-refractivity contribution < 1.29 is 14.3 Å². The first-order chi connectivity index (χ1) is 12.1. The number of amides is 2. The molecule has 0 heterocycles. The molecule has 0 aromatic heterocycles. The monoisotopic (exact) mass is 368 g/mol. The summed E-state index contributed by atoms with van der Waals surface area (Å²) >= 11 is 5.87. The van der Waals surface area contributed by atoms with Gasteiger partial charge in [0.25, 0.3) is 0 Å². The van der Waals surface area contributed by atoms with Gasteiger partial charge in [-0.15, -0.1) is 0 Å². The first kappa shape index (κ1) is 21.3. The lowest BCUT2D eigenvalue weighted by molar-refractivity contribution is -0.131. The number of nitrogens with one attached hydrogen (secondary N) is 1. The van der Waals surface area contributed by atoms with Gasteiger partial charge in [0.05, 0.1) is 6.54 Å². The van der Waals surface area contributed by atoms with Gasteiger partial charge in [-0.3, -0.25) is 9.59 Å². The number of nitrogens with zero attached hydrogens (tertiary/aromatic N) is 1. The molecule has 0 atom stereocenters. The van der Waals surface area contributed by atoms with E-state index in [1.807, 2.05) is 17.0 Å². The Morgan fingerprint density at radius 1 is 1.16 bits per heavy atom. The van der Waals surface area contributed by atoms with Crippen molar-refractivity contribution >= 4 is 23.4 Å². The molecule has 6 heteroatoms. The highest BCUT2D eigenvalue weighted by Crippen LogP contribution is 2.16. The lowest BCUT2D eigenvalue weighted by Crippen LogP contribution is -2.33. The number of benzene rings is 1. The van der Waals surface area contributed by atoms with Crippen molar-refractivity contribution in [3.8, 4) is 5.75 Å². The molecule has 1 rings (SSSR count). The molecule has 0 bridgehead atoms. The Balaban J connectivity index is 2.14. The van der Waals surface area contributed by atoms with Gasteiger partial charge in [-0.2, -0.15) is 0 Å². The van der Waals surface area contributed by atoms with Gasteiger partial charge in [0, 0.05) is 31.0 Å². The fraction of sp³-hybridized carbons (Fsp3) is 0.579. The maximum Gasteiger partial charge on any atom is 0.222 e. The van der Waals surface area contributed by atoms with Gasteiger partial charge < -0.3 is 15.0 Å². The summed E-state index contributed by atoms with van der Waals surface area (Å²) in [6, 6.07) is 7.14. The Bertz CT molecular complexity index is 531. The fourth-order valence-corrected chi connectivity index (χ4v) is 2.64. The summed E-state index contributed by atoms with van der Waals surface area (Å²) < 4.78 is 5.51. The van der Waals surface area contributed by atoms with Crippen LogP contribution in [0.2, 0.25) is 5.02 Å². The molecule has 1 N–H and O–H groups in total. The minimum absolute atomic E-state index is 0.0555. The number of ether oxygens (including phenoxy) is 1. The van der Waals surface area contributed by atoms with Crippen LogP contribution in [0.4, 0.5) is 0 Å². The predicted molar refractivity (Wildman–Crippen MR) is 101 cm³/mol. The highest BCUT2D eigenvalue weighted by Gasteiger charge is 2.12. The fourth-order valence-electron chi connectivity index (χ4n) is 2.46. The molecule has 0 unspecified atom stereocenters. The maximum atomic E-state index is 12.1. The summed E-state index contributed by atoms with van der Waals surface area (Å²) in [5.74, 6) is 0.764. The molecule has 0 saturated carbocycles. The molecular formula is C19H29ClN2O3. The van der Waals surface area contributed by atoms with Crippen LogP contribution in [0.1, 0.15) is 46.0 Å². The van der Waals surface area contributed by atoms with Crippen LogP contribution in [0, 0.1) is 0 Å². The summed E-state index contributed by atoms with van der Waals surface area (Å²) in [4.78, 5) is 25.8. The number of hydrogen-bond acceptors (Lipinski definition) is 3. The second-order valence-electron chi connectivity index (χ2n) is 5.89. The van der Waals surface area contributed by atoms with Crippen molar-refractivity contribution in [1.82, 2.24) is 10.2 Å². The standard InChI is InChI=1S/C19H29ClN2O3/c1-3-12-22(13-4-2)19(24)10-6-9-18(23)21-11-14-25-17-8-5-7-16(20)15-17/h5,7-8,15H,3-4,6,9-14H2,1-2H3,(H,21,23). The van der Waals surface area contributed by atoms with Crippen molar-refractivity contribution in [2.24, 2.45) is 0 Å². The molecule has 0 saturated heterocycles. The Hall–Kier alpha value is -1.75. The third kappa shape index (κ3) is 9.34. The van der Waals surface area contributed by atoms with E-state index in [0.717, 1.165) is 25.9 Å². The van der Waals surface area contributed by atoms with Crippen LogP contribution in [0.3, 0.4) is 0 Å². The lowest BCUT2D eigenvalue weighted by Gasteiger charge is -2.21. The molecule has 5 nitrogen and oxygen atoms in total. The maximum absolute atomic E-state index is 12.1. The largest absolute Gasteiger partial charge is 0.492 e. The van der Waals surface area contributed by atoms with Gasteiger partial charge in [0.15, 0.2) is 0 Å². The Morgan fingerprint density at radius 2 is 1.88 bits per heavy atom. The third-order valence-electron chi connectivity index (χ3n) is 3.62. The van der Waals surface area contributed by atoms with Crippen LogP contribution in [0.25, 0.3) is 0 Å². The molecule has 1 aromatic carbocycles. The summed E-state index contributed by atoms with van der Waals surface area (Å²) in [5.41, 5.74) is 0. The van der Waals surface area contributed by atoms with E-state index in [4.69, 9.17) is 16.3 Å². The minimum atomic E-state index is -0.0555. The number of hydrogen-bond donors (Lipinski definition) is 1. The van der Waals surface area contributed by atoms with Gasteiger partial charge in [0.1, 0.15) is 12.4 Å². The molecule has 1 aromatic rings. The van der Waals surface area contributed by atoms with E-state index >= 15 is 0 Å². The van der Waals surface area contributed by atoms with E-state index in [-0.39, 0.29) is 11.8 Å². The van der Waals surface area contributed by atoms with E-state index in [9.17, 15) is 9.59 Å². The molecular weight excluding hydrogens is 340 g/mol.